The number of benzene rings is 2. The molecule has 25 heavy (non-hydrogen) atoms. The molecule has 0 atom stereocenters. The minimum Gasteiger partial charge on any atom is -0.493 e. The van der Waals surface area contributed by atoms with Crippen LogP contribution < -0.4 is 14.8 Å². The molecule has 0 aliphatic carbocycles. The fourth-order valence-electron chi connectivity index (χ4n) is 2.51. The van der Waals surface area contributed by atoms with Crippen LogP contribution in [-0.2, 0) is 17.8 Å². The van der Waals surface area contributed by atoms with Gasteiger partial charge in [0.05, 0.1) is 7.11 Å². The molecule has 0 aromatic heterocycles. The molecule has 0 saturated carbocycles. The molecular formula is C21H27NO3. The Balaban J connectivity index is 1.88. The second kappa shape index (κ2) is 9.72. The molecule has 2 aromatic carbocycles. The lowest BCUT2D eigenvalue weighted by atomic mass is 10.1. The number of methoxy groups -OCH3 is 1. The first-order valence-corrected chi connectivity index (χ1v) is 8.69. The smallest absolute Gasteiger partial charge is 0.220 e. The van der Waals surface area contributed by atoms with Crippen LogP contribution >= 0.6 is 0 Å². The van der Waals surface area contributed by atoms with Gasteiger partial charge in [-0.05, 0) is 35.6 Å². The lowest BCUT2D eigenvalue weighted by Gasteiger charge is -2.13. The quantitative estimate of drug-likeness (QED) is 0.750. The van der Waals surface area contributed by atoms with E-state index in [-0.39, 0.29) is 5.91 Å². The van der Waals surface area contributed by atoms with Gasteiger partial charge >= 0.3 is 0 Å². The number of carbonyl (C=O) groups excluding carboxylic acids is 1. The third-order valence-corrected chi connectivity index (χ3v) is 3.79. The summed E-state index contributed by atoms with van der Waals surface area (Å²) in [6.07, 6.45) is 1.33. The van der Waals surface area contributed by atoms with E-state index < -0.39 is 0 Å². The summed E-state index contributed by atoms with van der Waals surface area (Å²) in [5.41, 5.74) is 2.22. The molecule has 0 unspecified atom stereocenters. The van der Waals surface area contributed by atoms with Crippen LogP contribution in [0.25, 0.3) is 0 Å². The van der Waals surface area contributed by atoms with Crippen LogP contribution in [0.3, 0.4) is 0 Å². The number of carbonyl (C=O) groups is 1. The van der Waals surface area contributed by atoms with Gasteiger partial charge in [0.15, 0.2) is 11.5 Å². The summed E-state index contributed by atoms with van der Waals surface area (Å²) >= 11 is 0. The van der Waals surface area contributed by atoms with E-state index in [1.807, 2.05) is 62.4 Å². The molecule has 2 aromatic rings. The van der Waals surface area contributed by atoms with Gasteiger partial charge in [-0.3, -0.25) is 4.79 Å². The van der Waals surface area contributed by atoms with Crippen molar-refractivity contribution in [3.05, 3.63) is 59.7 Å². The zero-order chi connectivity index (χ0) is 18.1. The molecule has 0 saturated heterocycles. The molecule has 134 valence electrons. The Labute approximate surface area is 150 Å². The van der Waals surface area contributed by atoms with E-state index in [1.165, 1.54) is 0 Å². The molecule has 4 nitrogen and oxygen atoms in total. The average molecular weight is 341 g/mol. The molecule has 0 aliphatic heterocycles. The maximum atomic E-state index is 11.7. The lowest BCUT2D eigenvalue weighted by molar-refractivity contribution is -0.121. The number of nitrogens with one attached hydrogen (secondary N) is 1. The van der Waals surface area contributed by atoms with Crippen LogP contribution in [0.4, 0.5) is 0 Å². The Morgan fingerprint density at radius 3 is 2.48 bits per heavy atom. The first kappa shape index (κ1) is 18.8. The second-order valence-electron chi connectivity index (χ2n) is 6.46. The van der Waals surface area contributed by atoms with E-state index >= 15 is 0 Å². The third-order valence-electron chi connectivity index (χ3n) is 3.79. The SMILES string of the molecule is COc1cc(CCNC(=O)CC(C)C)ccc1OCc1ccccc1. The van der Waals surface area contributed by atoms with Crippen molar-refractivity contribution in [1.82, 2.24) is 5.32 Å². The number of hydrogen-bond donors (Lipinski definition) is 1. The monoisotopic (exact) mass is 341 g/mol. The van der Waals surface area contributed by atoms with Crippen molar-refractivity contribution in [3.63, 3.8) is 0 Å². The minimum atomic E-state index is 0.102. The van der Waals surface area contributed by atoms with Gasteiger partial charge in [-0.15, -0.1) is 0 Å². The van der Waals surface area contributed by atoms with Crippen molar-refractivity contribution in [2.24, 2.45) is 5.92 Å². The van der Waals surface area contributed by atoms with E-state index in [0.717, 1.165) is 23.3 Å². The van der Waals surface area contributed by atoms with E-state index in [1.54, 1.807) is 7.11 Å². The van der Waals surface area contributed by atoms with E-state index in [0.29, 0.717) is 31.2 Å². The Morgan fingerprint density at radius 2 is 1.80 bits per heavy atom. The van der Waals surface area contributed by atoms with Gasteiger partial charge < -0.3 is 14.8 Å². The van der Waals surface area contributed by atoms with Crippen molar-refractivity contribution in [1.29, 1.82) is 0 Å². The van der Waals surface area contributed by atoms with Crippen LogP contribution in [0.2, 0.25) is 0 Å². The molecular weight excluding hydrogens is 314 g/mol. The summed E-state index contributed by atoms with van der Waals surface area (Å²) in [6, 6.07) is 15.9. The van der Waals surface area contributed by atoms with Gasteiger partial charge in [-0.2, -0.15) is 0 Å². The molecule has 0 bridgehead atoms. The zero-order valence-corrected chi connectivity index (χ0v) is 15.2. The highest BCUT2D eigenvalue weighted by molar-refractivity contribution is 5.76. The number of ether oxygens (including phenoxy) is 2. The molecule has 0 spiro atoms. The summed E-state index contributed by atoms with van der Waals surface area (Å²) in [7, 11) is 1.64. The number of rotatable bonds is 9. The van der Waals surface area contributed by atoms with Crippen LogP contribution in [0.1, 0.15) is 31.4 Å². The van der Waals surface area contributed by atoms with Crippen molar-refractivity contribution in [3.8, 4) is 11.5 Å². The molecule has 4 heteroatoms. The molecule has 1 N–H and O–H groups in total. The van der Waals surface area contributed by atoms with Crippen LogP contribution in [0, 0.1) is 5.92 Å². The van der Waals surface area contributed by atoms with E-state index in [4.69, 9.17) is 9.47 Å². The number of amides is 1. The van der Waals surface area contributed by atoms with Crippen LogP contribution in [0.5, 0.6) is 11.5 Å². The summed E-state index contributed by atoms with van der Waals surface area (Å²) in [5, 5.41) is 2.95. The highest BCUT2D eigenvalue weighted by Gasteiger charge is 2.08. The average Bonchev–Trinajstić information content (AvgIpc) is 2.60. The van der Waals surface area contributed by atoms with Crippen molar-refractivity contribution < 1.29 is 14.3 Å². The predicted octanol–water partition coefficient (Wildman–Crippen LogP) is 3.98. The summed E-state index contributed by atoms with van der Waals surface area (Å²) < 4.78 is 11.3. The Bertz CT molecular complexity index is 668. The second-order valence-corrected chi connectivity index (χ2v) is 6.46. The zero-order valence-electron chi connectivity index (χ0n) is 15.2. The topological polar surface area (TPSA) is 47.6 Å². The van der Waals surface area contributed by atoms with E-state index in [2.05, 4.69) is 5.32 Å². The fourth-order valence-corrected chi connectivity index (χ4v) is 2.51. The van der Waals surface area contributed by atoms with Gasteiger partial charge in [0.25, 0.3) is 0 Å². The van der Waals surface area contributed by atoms with Gasteiger partial charge in [0.2, 0.25) is 5.91 Å². The van der Waals surface area contributed by atoms with Gasteiger partial charge in [-0.1, -0.05) is 50.2 Å². The lowest BCUT2D eigenvalue weighted by Crippen LogP contribution is -2.26. The highest BCUT2D eigenvalue weighted by atomic mass is 16.5. The van der Waals surface area contributed by atoms with Gasteiger partial charge in [0, 0.05) is 13.0 Å². The van der Waals surface area contributed by atoms with Crippen molar-refractivity contribution in [2.45, 2.75) is 33.3 Å². The Hall–Kier alpha value is -2.49. The first-order valence-electron chi connectivity index (χ1n) is 8.69. The van der Waals surface area contributed by atoms with Crippen molar-refractivity contribution in [2.75, 3.05) is 13.7 Å². The Morgan fingerprint density at radius 1 is 1.04 bits per heavy atom. The molecule has 2 rings (SSSR count). The first-order chi connectivity index (χ1) is 12.1. The van der Waals surface area contributed by atoms with Crippen LogP contribution in [-0.4, -0.2) is 19.6 Å². The molecule has 0 fully saturated rings. The maximum Gasteiger partial charge on any atom is 0.220 e. The summed E-state index contributed by atoms with van der Waals surface area (Å²) in [6.45, 7) is 5.21. The third kappa shape index (κ3) is 6.49. The predicted molar refractivity (Wildman–Crippen MR) is 99.9 cm³/mol. The highest BCUT2D eigenvalue weighted by Crippen LogP contribution is 2.29. The molecule has 1 amide bonds. The molecule has 0 heterocycles. The maximum absolute atomic E-state index is 11.7. The normalized spacial score (nSPS) is 10.6. The van der Waals surface area contributed by atoms with Crippen LogP contribution in [0.15, 0.2) is 48.5 Å². The Kier molecular flexibility index (Phi) is 7.33. The molecule has 0 aliphatic rings. The summed E-state index contributed by atoms with van der Waals surface area (Å²) in [4.78, 5) is 11.7. The number of hydrogen-bond acceptors (Lipinski definition) is 3. The molecule has 0 radical (unpaired) electrons. The fraction of sp³-hybridized carbons (Fsp3) is 0.381. The van der Waals surface area contributed by atoms with Crippen molar-refractivity contribution >= 4 is 5.91 Å². The van der Waals surface area contributed by atoms with E-state index in [9.17, 15) is 4.79 Å². The van der Waals surface area contributed by atoms with Gasteiger partial charge in [-0.25, -0.2) is 0 Å². The minimum absolute atomic E-state index is 0.102. The largest absolute Gasteiger partial charge is 0.493 e. The van der Waals surface area contributed by atoms with Gasteiger partial charge in [0.1, 0.15) is 6.61 Å². The summed E-state index contributed by atoms with van der Waals surface area (Å²) in [5.74, 6) is 1.91. The standard InChI is InChI=1S/C21H27NO3/c1-16(2)13-21(23)22-12-11-17-9-10-19(20(14-17)24-3)25-15-18-7-5-4-6-8-18/h4-10,14,16H,11-13,15H2,1-3H3,(H,22,23).